The Morgan fingerprint density at radius 3 is 2.73 bits per heavy atom. The van der Waals surface area contributed by atoms with Gasteiger partial charge >= 0.3 is 6.18 Å². The molecular formula is C15H19F4NO2. The number of ether oxygens (including phenoxy) is 2. The van der Waals surface area contributed by atoms with Gasteiger partial charge in [-0.3, -0.25) is 0 Å². The van der Waals surface area contributed by atoms with E-state index in [1.54, 1.807) is 0 Å². The van der Waals surface area contributed by atoms with Crippen molar-refractivity contribution in [2.24, 2.45) is 5.92 Å². The first-order chi connectivity index (χ1) is 10.4. The minimum Gasteiger partial charge on any atom is -0.485 e. The molecule has 2 atom stereocenters. The molecule has 1 unspecified atom stereocenters. The van der Waals surface area contributed by atoms with Crippen LogP contribution in [0.5, 0.6) is 5.75 Å². The Balaban J connectivity index is 2.18. The molecule has 3 nitrogen and oxygen atoms in total. The number of alkyl halides is 3. The lowest BCUT2D eigenvalue weighted by atomic mass is 10.0. The highest BCUT2D eigenvalue weighted by atomic mass is 19.4. The van der Waals surface area contributed by atoms with Crippen LogP contribution in [0.1, 0.15) is 18.9 Å². The van der Waals surface area contributed by atoms with Crippen LogP contribution in [0.4, 0.5) is 17.6 Å². The van der Waals surface area contributed by atoms with E-state index in [1.165, 1.54) is 6.07 Å². The molecule has 1 saturated heterocycles. The van der Waals surface area contributed by atoms with Gasteiger partial charge in [0, 0.05) is 19.1 Å². The number of halogens is 4. The number of nitrogens with one attached hydrogen (secondary N) is 1. The Morgan fingerprint density at radius 2 is 2.14 bits per heavy atom. The highest BCUT2D eigenvalue weighted by Gasteiger charge is 2.36. The lowest BCUT2D eigenvalue weighted by Gasteiger charge is -2.25. The molecule has 7 heteroatoms. The molecule has 124 valence electrons. The fourth-order valence-corrected chi connectivity index (χ4v) is 2.48. The second-order valence-electron chi connectivity index (χ2n) is 5.18. The molecule has 1 heterocycles. The average Bonchev–Trinajstić information content (AvgIpc) is 2.98. The number of rotatable bonds is 6. The quantitative estimate of drug-likeness (QED) is 0.816. The van der Waals surface area contributed by atoms with Crippen molar-refractivity contribution in [1.29, 1.82) is 0 Å². The van der Waals surface area contributed by atoms with Crippen LogP contribution in [0.25, 0.3) is 0 Å². The van der Waals surface area contributed by atoms with E-state index < -0.39 is 23.7 Å². The first-order valence-electron chi connectivity index (χ1n) is 7.24. The maximum absolute atomic E-state index is 14.0. The summed E-state index contributed by atoms with van der Waals surface area (Å²) in [5.74, 6) is -1.67. The Bertz CT molecular complexity index is 487. The van der Waals surface area contributed by atoms with Gasteiger partial charge in [0.05, 0.1) is 12.2 Å². The molecule has 1 aromatic carbocycles. The second kappa shape index (κ2) is 7.28. The summed E-state index contributed by atoms with van der Waals surface area (Å²) in [6.07, 6.45) is -4.40. The van der Waals surface area contributed by atoms with Crippen LogP contribution in [0.2, 0.25) is 0 Å². The van der Waals surface area contributed by atoms with Crippen molar-refractivity contribution in [2.75, 3.05) is 26.3 Å². The van der Waals surface area contributed by atoms with E-state index in [0.717, 1.165) is 19.0 Å². The standard InChI is InChI=1S/C15H19F4NO2/c1-2-21-9-13(10-6-7-20-8-10)22-12-5-3-4-11(14(12)16)15(17,18)19/h3-5,10,13,20H,2,6-9H2,1H3/t10?,13-/m0/s1. The molecule has 0 aliphatic carbocycles. The molecule has 2 rings (SSSR count). The van der Waals surface area contributed by atoms with E-state index in [2.05, 4.69) is 5.32 Å². The summed E-state index contributed by atoms with van der Waals surface area (Å²) in [5.41, 5.74) is -1.32. The molecule has 1 aromatic rings. The number of hydrogen-bond acceptors (Lipinski definition) is 3. The monoisotopic (exact) mass is 321 g/mol. The van der Waals surface area contributed by atoms with Crippen molar-refractivity contribution < 1.29 is 27.0 Å². The molecule has 1 N–H and O–H groups in total. The third kappa shape index (κ3) is 4.10. The zero-order valence-corrected chi connectivity index (χ0v) is 12.3. The summed E-state index contributed by atoms with van der Waals surface area (Å²) in [6, 6.07) is 3.06. The van der Waals surface area contributed by atoms with Gasteiger partial charge < -0.3 is 14.8 Å². The van der Waals surface area contributed by atoms with Crippen molar-refractivity contribution in [3.63, 3.8) is 0 Å². The summed E-state index contributed by atoms with van der Waals surface area (Å²) < 4.78 is 63.1. The third-order valence-corrected chi connectivity index (χ3v) is 3.66. The Morgan fingerprint density at radius 1 is 1.36 bits per heavy atom. The van der Waals surface area contributed by atoms with E-state index in [-0.39, 0.29) is 18.3 Å². The average molecular weight is 321 g/mol. The van der Waals surface area contributed by atoms with Crippen molar-refractivity contribution in [2.45, 2.75) is 25.6 Å². The zero-order chi connectivity index (χ0) is 16.2. The normalized spacial score (nSPS) is 20.1. The zero-order valence-electron chi connectivity index (χ0n) is 12.3. The van der Waals surface area contributed by atoms with Crippen LogP contribution in [0.15, 0.2) is 18.2 Å². The van der Waals surface area contributed by atoms with Gasteiger partial charge in [-0.2, -0.15) is 13.2 Å². The van der Waals surface area contributed by atoms with Gasteiger partial charge in [-0.1, -0.05) is 6.07 Å². The van der Waals surface area contributed by atoms with E-state index in [4.69, 9.17) is 9.47 Å². The molecule has 0 saturated carbocycles. The van der Waals surface area contributed by atoms with Crippen LogP contribution in [0, 0.1) is 11.7 Å². The van der Waals surface area contributed by atoms with E-state index in [1.807, 2.05) is 6.92 Å². The van der Waals surface area contributed by atoms with Gasteiger partial charge in [-0.05, 0) is 32.0 Å². The lowest BCUT2D eigenvalue weighted by Crippen LogP contribution is -2.33. The molecule has 0 radical (unpaired) electrons. The van der Waals surface area contributed by atoms with E-state index in [0.29, 0.717) is 19.2 Å². The van der Waals surface area contributed by atoms with Gasteiger partial charge in [-0.25, -0.2) is 4.39 Å². The van der Waals surface area contributed by atoms with Crippen molar-refractivity contribution in [3.8, 4) is 5.75 Å². The topological polar surface area (TPSA) is 30.5 Å². The maximum Gasteiger partial charge on any atom is 0.419 e. The molecule has 22 heavy (non-hydrogen) atoms. The molecule has 0 amide bonds. The first kappa shape index (κ1) is 17.0. The summed E-state index contributed by atoms with van der Waals surface area (Å²) >= 11 is 0. The smallest absolute Gasteiger partial charge is 0.419 e. The molecule has 1 fully saturated rings. The van der Waals surface area contributed by atoms with Crippen LogP contribution >= 0.6 is 0 Å². The largest absolute Gasteiger partial charge is 0.485 e. The Hall–Kier alpha value is -1.34. The van der Waals surface area contributed by atoms with Gasteiger partial charge in [0.25, 0.3) is 0 Å². The van der Waals surface area contributed by atoms with Crippen LogP contribution in [-0.2, 0) is 10.9 Å². The fourth-order valence-electron chi connectivity index (χ4n) is 2.48. The first-order valence-corrected chi connectivity index (χ1v) is 7.24. The van der Waals surface area contributed by atoms with Crippen molar-refractivity contribution in [3.05, 3.63) is 29.6 Å². The number of benzene rings is 1. The lowest BCUT2D eigenvalue weighted by molar-refractivity contribution is -0.140. The molecular weight excluding hydrogens is 302 g/mol. The van der Waals surface area contributed by atoms with Gasteiger partial charge in [0.15, 0.2) is 11.6 Å². The highest BCUT2D eigenvalue weighted by Crippen LogP contribution is 2.35. The predicted octanol–water partition coefficient (Wildman–Crippen LogP) is 3.24. The molecule has 0 bridgehead atoms. The summed E-state index contributed by atoms with van der Waals surface area (Å²) in [7, 11) is 0. The van der Waals surface area contributed by atoms with E-state index >= 15 is 0 Å². The van der Waals surface area contributed by atoms with Crippen LogP contribution in [-0.4, -0.2) is 32.4 Å². The molecule has 0 spiro atoms. The molecule has 1 aliphatic heterocycles. The SMILES string of the molecule is CCOC[C@H](Oc1cccc(C(F)(F)F)c1F)C1CCNC1. The minimum atomic E-state index is -4.74. The fraction of sp³-hybridized carbons (Fsp3) is 0.600. The number of hydrogen-bond donors (Lipinski definition) is 1. The summed E-state index contributed by atoms with van der Waals surface area (Å²) in [5, 5.41) is 3.16. The highest BCUT2D eigenvalue weighted by molar-refractivity contribution is 5.33. The molecule has 1 aliphatic rings. The Kier molecular flexibility index (Phi) is 5.63. The predicted molar refractivity (Wildman–Crippen MR) is 73.3 cm³/mol. The van der Waals surface area contributed by atoms with Crippen molar-refractivity contribution in [1.82, 2.24) is 5.32 Å². The minimum absolute atomic E-state index is 0.0838. The maximum atomic E-state index is 14.0. The third-order valence-electron chi connectivity index (χ3n) is 3.66. The Labute approximate surface area is 126 Å². The second-order valence-corrected chi connectivity index (χ2v) is 5.18. The van der Waals surface area contributed by atoms with Gasteiger partial charge in [-0.15, -0.1) is 0 Å². The van der Waals surface area contributed by atoms with Crippen LogP contribution in [0.3, 0.4) is 0 Å². The van der Waals surface area contributed by atoms with Gasteiger partial charge in [0.2, 0.25) is 0 Å². The summed E-state index contributed by atoms with van der Waals surface area (Å²) in [4.78, 5) is 0. The van der Waals surface area contributed by atoms with E-state index in [9.17, 15) is 17.6 Å². The summed E-state index contributed by atoms with van der Waals surface area (Å²) in [6.45, 7) is 3.98. The van der Waals surface area contributed by atoms with Crippen LogP contribution < -0.4 is 10.1 Å². The van der Waals surface area contributed by atoms with Gasteiger partial charge in [0.1, 0.15) is 6.10 Å². The molecule has 0 aromatic heterocycles. The van der Waals surface area contributed by atoms with Crippen molar-refractivity contribution >= 4 is 0 Å².